The van der Waals surface area contributed by atoms with Crippen molar-refractivity contribution >= 4 is 11.8 Å². The first-order valence-electron chi connectivity index (χ1n) is 10.2. The van der Waals surface area contributed by atoms with Gasteiger partial charge in [-0.05, 0) is 43.4 Å². The third-order valence-corrected chi connectivity index (χ3v) is 5.50. The van der Waals surface area contributed by atoms with E-state index in [0.717, 1.165) is 51.2 Å². The van der Waals surface area contributed by atoms with Crippen molar-refractivity contribution in [1.82, 2.24) is 14.7 Å². The second kappa shape index (κ2) is 11.1. The van der Waals surface area contributed by atoms with Crippen LogP contribution in [0, 0.1) is 5.92 Å². The number of benzene rings is 1. The van der Waals surface area contributed by atoms with E-state index in [0.29, 0.717) is 5.92 Å². The number of rotatable bonds is 9. The van der Waals surface area contributed by atoms with Gasteiger partial charge in [0.15, 0.2) is 0 Å². The molecule has 1 saturated heterocycles. The molecule has 0 radical (unpaired) electrons. The van der Waals surface area contributed by atoms with Crippen LogP contribution in [0.5, 0.6) is 5.75 Å². The zero-order valence-corrected chi connectivity index (χ0v) is 17.8. The van der Waals surface area contributed by atoms with E-state index >= 15 is 0 Å². The molecule has 2 amide bonds. The highest BCUT2D eigenvalue weighted by atomic mass is 16.5. The Balaban J connectivity index is 1.77. The minimum atomic E-state index is 0.00179. The van der Waals surface area contributed by atoms with Crippen LogP contribution >= 0.6 is 0 Å². The maximum Gasteiger partial charge on any atom is 0.222 e. The first-order chi connectivity index (χ1) is 13.4. The molecular formula is C22H35N3O3. The number of hydrogen-bond donors (Lipinski definition) is 0. The number of para-hydroxylation sites is 1. The standard InChI is InChI=1S/C22H35N3O3/c1-23(2)21(26)11-12-22(27)24(3)16-18-8-7-14-25(17-18)15-13-19-9-5-6-10-20(19)28-4/h5-6,9-10,18H,7-8,11-17H2,1-4H3/t18-/m0/s1. The van der Waals surface area contributed by atoms with Crippen molar-refractivity contribution in [3.8, 4) is 5.75 Å². The summed E-state index contributed by atoms with van der Waals surface area (Å²) in [4.78, 5) is 29.8. The highest BCUT2D eigenvalue weighted by molar-refractivity contribution is 5.83. The van der Waals surface area contributed by atoms with Crippen LogP contribution in [-0.2, 0) is 16.0 Å². The number of nitrogens with zero attached hydrogens (tertiary/aromatic N) is 3. The number of ether oxygens (including phenoxy) is 1. The molecule has 0 saturated carbocycles. The van der Waals surface area contributed by atoms with Gasteiger partial charge in [-0.3, -0.25) is 9.59 Å². The SMILES string of the molecule is COc1ccccc1CCN1CCC[C@@H](CN(C)C(=O)CCC(=O)N(C)C)C1. The van der Waals surface area contributed by atoms with Gasteiger partial charge in [0.1, 0.15) is 5.75 Å². The summed E-state index contributed by atoms with van der Waals surface area (Å²) in [6, 6.07) is 8.19. The van der Waals surface area contributed by atoms with Gasteiger partial charge in [-0.15, -0.1) is 0 Å². The van der Waals surface area contributed by atoms with Crippen LogP contribution in [0.2, 0.25) is 0 Å². The lowest BCUT2D eigenvalue weighted by molar-refractivity contribution is -0.135. The quantitative estimate of drug-likeness (QED) is 0.650. The second-order valence-corrected chi connectivity index (χ2v) is 7.93. The summed E-state index contributed by atoms with van der Waals surface area (Å²) in [7, 11) is 7.02. The molecule has 1 aliphatic rings. The molecule has 0 N–H and O–H groups in total. The lowest BCUT2D eigenvalue weighted by Gasteiger charge is -2.35. The zero-order chi connectivity index (χ0) is 20.5. The summed E-state index contributed by atoms with van der Waals surface area (Å²) in [5.41, 5.74) is 1.24. The van der Waals surface area contributed by atoms with Gasteiger partial charge in [-0.2, -0.15) is 0 Å². The molecule has 1 aromatic rings. The third-order valence-electron chi connectivity index (χ3n) is 5.50. The van der Waals surface area contributed by atoms with Crippen LogP contribution in [0.15, 0.2) is 24.3 Å². The van der Waals surface area contributed by atoms with Gasteiger partial charge in [-0.25, -0.2) is 0 Å². The number of likely N-dealkylation sites (tertiary alicyclic amines) is 1. The smallest absolute Gasteiger partial charge is 0.222 e. The van der Waals surface area contributed by atoms with Crippen molar-refractivity contribution in [1.29, 1.82) is 0 Å². The van der Waals surface area contributed by atoms with Gasteiger partial charge in [0.05, 0.1) is 7.11 Å². The molecule has 28 heavy (non-hydrogen) atoms. The third kappa shape index (κ3) is 6.82. The van der Waals surface area contributed by atoms with E-state index in [9.17, 15) is 9.59 Å². The minimum Gasteiger partial charge on any atom is -0.496 e. The van der Waals surface area contributed by atoms with Crippen LogP contribution in [0.3, 0.4) is 0 Å². The average molecular weight is 390 g/mol. The van der Waals surface area contributed by atoms with Crippen LogP contribution in [0.1, 0.15) is 31.2 Å². The number of methoxy groups -OCH3 is 1. The number of hydrogen-bond acceptors (Lipinski definition) is 4. The molecule has 1 aliphatic heterocycles. The van der Waals surface area contributed by atoms with Crippen molar-refractivity contribution in [2.24, 2.45) is 5.92 Å². The minimum absolute atomic E-state index is 0.00179. The summed E-state index contributed by atoms with van der Waals surface area (Å²) in [5.74, 6) is 1.50. The maximum atomic E-state index is 12.3. The molecule has 0 spiro atoms. The predicted octanol–water partition coefficient (Wildman–Crippen LogP) is 2.28. The highest BCUT2D eigenvalue weighted by Gasteiger charge is 2.23. The van der Waals surface area contributed by atoms with Gasteiger partial charge >= 0.3 is 0 Å². The number of carbonyl (C=O) groups excluding carboxylic acids is 2. The van der Waals surface area contributed by atoms with Crippen molar-refractivity contribution in [2.75, 3.05) is 54.4 Å². The molecule has 1 fully saturated rings. The van der Waals surface area contributed by atoms with Crippen LogP contribution in [0.4, 0.5) is 0 Å². The molecule has 0 aromatic heterocycles. The number of carbonyl (C=O) groups is 2. The molecule has 156 valence electrons. The largest absolute Gasteiger partial charge is 0.496 e. The van der Waals surface area contributed by atoms with Crippen LogP contribution < -0.4 is 4.74 Å². The van der Waals surface area contributed by atoms with Gasteiger partial charge in [-0.1, -0.05) is 18.2 Å². The van der Waals surface area contributed by atoms with E-state index in [-0.39, 0.29) is 24.7 Å². The summed E-state index contributed by atoms with van der Waals surface area (Å²) >= 11 is 0. The van der Waals surface area contributed by atoms with Crippen molar-refractivity contribution in [3.63, 3.8) is 0 Å². The molecule has 0 unspecified atom stereocenters. The fourth-order valence-corrected chi connectivity index (χ4v) is 3.81. The van der Waals surface area contributed by atoms with Crippen molar-refractivity contribution in [2.45, 2.75) is 32.1 Å². The Morgan fingerprint density at radius 1 is 1.14 bits per heavy atom. The van der Waals surface area contributed by atoms with Crippen LogP contribution in [-0.4, -0.2) is 80.9 Å². The fraction of sp³-hybridized carbons (Fsp3) is 0.636. The van der Waals surface area contributed by atoms with Crippen molar-refractivity contribution < 1.29 is 14.3 Å². The zero-order valence-electron chi connectivity index (χ0n) is 17.8. The fourth-order valence-electron chi connectivity index (χ4n) is 3.81. The van der Waals surface area contributed by atoms with Gasteiger partial charge < -0.3 is 19.4 Å². The number of amides is 2. The first kappa shape index (κ1) is 22.2. The lowest BCUT2D eigenvalue weighted by atomic mass is 9.97. The summed E-state index contributed by atoms with van der Waals surface area (Å²) in [5, 5.41) is 0. The lowest BCUT2D eigenvalue weighted by Crippen LogP contribution is -2.42. The van der Waals surface area contributed by atoms with Crippen molar-refractivity contribution in [3.05, 3.63) is 29.8 Å². The van der Waals surface area contributed by atoms with E-state index in [2.05, 4.69) is 17.0 Å². The Kier molecular flexibility index (Phi) is 8.77. The van der Waals surface area contributed by atoms with E-state index in [1.54, 1.807) is 26.1 Å². The molecule has 0 aliphatic carbocycles. The molecule has 2 rings (SSSR count). The van der Waals surface area contributed by atoms with E-state index in [4.69, 9.17) is 4.74 Å². The Bertz CT molecular complexity index is 648. The normalized spacial score (nSPS) is 17.2. The summed E-state index contributed by atoms with van der Waals surface area (Å²) in [6.07, 6.45) is 3.86. The molecular weight excluding hydrogens is 354 g/mol. The molecule has 1 atom stereocenters. The second-order valence-electron chi connectivity index (χ2n) is 7.93. The monoisotopic (exact) mass is 389 g/mol. The van der Waals surface area contributed by atoms with Gasteiger partial charge in [0.25, 0.3) is 0 Å². The molecule has 1 heterocycles. The Hall–Kier alpha value is -2.08. The first-order valence-corrected chi connectivity index (χ1v) is 10.2. The Morgan fingerprint density at radius 3 is 2.57 bits per heavy atom. The highest BCUT2D eigenvalue weighted by Crippen LogP contribution is 2.21. The predicted molar refractivity (Wildman–Crippen MR) is 111 cm³/mol. The summed E-state index contributed by atoms with van der Waals surface area (Å²) in [6.45, 7) is 3.90. The Morgan fingerprint density at radius 2 is 1.86 bits per heavy atom. The summed E-state index contributed by atoms with van der Waals surface area (Å²) < 4.78 is 5.45. The molecule has 6 nitrogen and oxygen atoms in total. The maximum absolute atomic E-state index is 12.3. The van der Waals surface area contributed by atoms with E-state index < -0.39 is 0 Å². The molecule has 6 heteroatoms. The molecule has 0 bridgehead atoms. The average Bonchev–Trinajstić information content (AvgIpc) is 2.70. The van der Waals surface area contributed by atoms with E-state index in [1.807, 2.05) is 19.2 Å². The molecule has 1 aromatic carbocycles. The topological polar surface area (TPSA) is 53.1 Å². The van der Waals surface area contributed by atoms with Crippen LogP contribution in [0.25, 0.3) is 0 Å². The van der Waals surface area contributed by atoms with E-state index in [1.165, 1.54) is 10.5 Å². The number of piperidine rings is 1. The van der Waals surface area contributed by atoms with Gasteiger partial charge in [0.2, 0.25) is 11.8 Å². The Labute approximate surface area is 169 Å². The van der Waals surface area contributed by atoms with Gasteiger partial charge in [0, 0.05) is 53.6 Å².